The van der Waals surface area contributed by atoms with Crippen LogP contribution >= 0.6 is 0 Å². The van der Waals surface area contributed by atoms with Gasteiger partial charge in [0.05, 0.1) is 23.7 Å². The molecular weight excluding hydrogens is 330 g/mol. The van der Waals surface area contributed by atoms with E-state index in [1.54, 1.807) is 30.2 Å². The molecule has 0 aromatic carbocycles. The van der Waals surface area contributed by atoms with Crippen LogP contribution in [0.5, 0.6) is 0 Å². The zero-order valence-electron chi connectivity index (χ0n) is 13.7. The van der Waals surface area contributed by atoms with Crippen LogP contribution in [0.15, 0.2) is 18.5 Å². The second kappa shape index (κ2) is 6.36. The molecule has 0 bridgehead atoms. The average molecular weight is 351 g/mol. The van der Waals surface area contributed by atoms with Crippen molar-refractivity contribution in [3.63, 3.8) is 0 Å². The number of nitrogens with two attached hydrogens (primary N) is 1. The fraction of sp³-hybridized carbons (Fsp3) is 0.500. The molecule has 0 spiro atoms. The lowest BCUT2D eigenvalue weighted by Gasteiger charge is -2.30. The number of hydrogen-bond donors (Lipinski definition) is 2. The summed E-state index contributed by atoms with van der Waals surface area (Å²) in [5, 5.41) is 7.40. The number of rotatable bonds is 4. The second-order valence-corrected chi connectivity index (χ2v) is 7.90. The van der Waals surface area contributed by atoms with Crippen LogP contribution in [0.25, 0.3) is 11.3 Å². The number of nitrogens with zero attached hydrogens (tertiary/aromatic N) is 5. The first kappa shape index (κ1) is 16.7. The van der Waals surface area contributed by atoms with Crippen molar-refractivity contribution in [2.24, 2.45) is 7.05 Å². The van der Waals surface area contributed by atoms with Crippen LogP contribution < -0.4 is 11.1 Å². The molecule has 0 saturated carbocycles. The van der Waals surface area contributed by atoms with Crippen molar-refractivity contribution < 1.29 is 8.42 Å². The van der Waals surface area contributed by atoms with E-state index in [0.29, 0.717) is 30.5 Å². The highest BCUT2D eigenvalue weighted by atomic mass is 32.2. The highest BCUT2D eigenvalue weighted by molar-refractivity contribution is 7.88. The molecule has 1 saturated heterocycles. The van der Waals surface area contributed by atoms with Gasteiger partial charge in [0.15, 0.2) is 0 Å². The fourth-order valence-electron chi connectivity index (χ4n) is 2.74. The molecule has 24 heavy (non-hydrogen) atoms. The highest BCUT2D eigenvalue weighted by Gasteiger charge is 2.25. The van der Waals surface area contributed by atoms with Gasteiger partial charge in [0.25, 0.3) is 0 Å². The molecule has 1 fully saturated rings. The third kappa shape index (κ3) is 3.49. The molecule has 0 unspecified atom stereocenters. The quantitative estimate of drug-likeness (QED) is 0.813. The Morgan fingerprint density at radius 2 is 2.04 bits per heavy atom. The predicted molar refractivity (Wildman–Crippen MR) is 91.7 cm³/mol. The molecule has 0 amide bonds. The van der Waals surface area contributed by atoms with Gasteiger partial charge in [0.1, 0.15) is 5.82 Å². The summed E-state index contributed by atoms with van der Waals surface area (Å²) in [7, 11) is -1.34. The third-order valence-electron chi connectivity index (χ3n) is 4.17. The number of nitrogens with one attached hydrogen (secondary N) is 1. The highest BCUT2D eigenvalue weighted by Crippen LogP contribution is 2.24. The van der Waals surface area contributed by atoms with Gasteiger partial charge in [-0.2, -0.15) is 5.10 Å². The van der Waals surface area contributed by atoms with Crippen molar-refractivity contribution in [2.45, 2.75) is 18.9 Å². The predicted octanol–water partition coefficient (Wildman–Crippen LogP) is 0.295. The molecule has 130 valence electrons. The van der Waals surface area contributed by atoms with Gasteiger partial charge in [-0.1, -0.05) is 0 Å². The Balaban J connectivity index is 1.69. The smallest absolute Gasteiger partial charge is 0.223 e. The van der Waals surface area contributed by atoms with Crippen LogP contribution in [0.2, 0.25) is 0 Å². The van der Waals surface area contributed by atoms with Gasteiger partial charge < -0.3 is 11.1 Å². The summed E-state index contributed by atoms with van der Waals surface area (Å²) in [6.07, 6.45) is 6.02. The summed E-state index contributed by atoms with van der Waals surface area (Å²) in [6.45, 7) is 1.01. The summed E-state index contributed by atoms with van der Waals surface area (Å²) in [6, 6.07) is 1.93. The summed E-state index contributed by atoms with van der Waals surface area (Å²) in [4.78, 5) is 8.73. The van der Waals surface area contributed by atoms with Crippen molar-refractivity contribution in [1.29, 1.82) is 0 Å². The maximum absolute atomic E-state index is 11.5. The average Bonchev–Trinajstić information content (AvgIpc) is 2.87. The van der Waals surface area contributed by atoms with Crippen LogP contribution in [0, 0.1) is 0 Å². The van der Waals surface area contributed by atoms with Crippen molar-refractivity contribution in [3.05, 3.63) is 18.5 Å². The maximum Gasteiger partial charge on any atom is 0.223 e. The number of sulfonamides is 1. The van der Waals surface area contributed by atoms with Crippen molar-refractivity contribution in [1.82, 2.24) is 24.1 Å². The minimum absolute atomic E-state index is 0.143. The van der Waals surface area contributed by atoms with E-state index in [0.717, 1.165) is 18.4 Å². The number of aryl methyl sites for hydroxylation is 1. The number of hydrogen-bond acceptors (Lipinski definition) is 7. The Morgan fingerprint density at radius 3 is 2.62 bits per heavy atom. The number of aromatic nitrogens is 4. The van der Waals surface area contributed by atoms with E-state index in [4.69, 9.17) is 5.73 Å². The Hall–Kier alpha value is -2.20. The Kier molecular flexibility index (Phi) is 4.41. The van der Waals surface area contributed by atoms with Gasteiger partial charge in [0.2, 0.25) is 16.0 Å². The molecule has 0 aliphatic carbocycles. The Morgan fingerprint density at radius 1 is 1.33 bits per heavy atom. The van der Waals surface area contributed by atoms with Crippen LogP contribution in [-0.4, -0.2) is 57.9 Å². The van der Waals surface area contributed by atoms with Crippen LogP contribution in [0.1, 0.15) is 12.8 Å². The normalized spacial score (nSPS) is 17.1. The standard InChI is InChI=1S/C14H21N7O2S/c1-20-13(15)11(9-17-20)12-3-6-16-14(19-12)18-10-4-7-21(8-5-10)24(2,22)23/h3,6,9-10H,4-5,7-8,15H2,1-2H3,(H,16,18,19). The zero-order chi connectivity index (χ0) is 17.3. The summed E-state index contributed by atoms with van der Waals surface area (Å²) >= 11 is 0. The van der Waals surface area contributed by atoms with E-state index in [1.807, 2.05) is 0 Å². The Bertz CT molecular complexity index is 825. The molecule has 1 aliphatic rings. The lowest BCUT2D eigenvalue weighted by atomic mass is 10.1. The number of nitrogen functional groups attached to an aromatic ring is 1. The summed E-state index contributed by atoms with van der Waals surface area (Å²) in [5.74, 6) is 1.05. The lowest BCUT2D eigenvalue weighted by molar-refractivity contribution is 0.331. The van der Waals surface area contributed by atoms with E-state index in [-0.39, 0.29) is 6.04 Å². The third-order valence-corrected chi connectivity index (χ3v) is 5.48. The van der Waals surface area contributed by atoms with Crippen LogP contribution in [0.3, 0.4) is 0 Å². The molecule has 3 N–H and O–H groups in total. The van der Waals surface area contributed by atoms with Gasteiger partial charge in [0, 0.05) is 32.4 Å². The van der Waals surface area contributed by atoms with Gasteiger partial charge in [-0.3, -0.25) is 4.68 Å². The van der Waals surface area contributed by atoms with E-state index < -0.39 is 10.0 Å². The van der Waals surface area contributed by atoms with Crippen LogP contribution in [0.4, 0.5) is 11.8 Å². The molecule has 2 aromatic rings. The topological polar surface area (TPSA) is 119 Å². The minimum atomic E-state index is -3.12. The van der Waals surface area contributed by atoms with Gasteiger partial charge in [-0.15, -0.1) is 0 Å². The maximum atomic E-state index is 11.5. The molecule has 0 radical (unpaired) electrons. The first-order valence-corrected chi connectivity index (χ1v) is 9.52. The van der Waals surface area contributed by atoms with Crippen molar-refractivity contribution in [2.75, 3.05) is 30.4 Å². The van der Waals surface area contributed by atoms with Gasteiger partial charge in [-0.25, -0.2) is 22.7 Å². The van der Waals surface area contributed by atoms with E-state index in [2.05, 4.69) is 20.4 Å². The molecule has 10 heteroatoms. The second-order valence-electron chi connectivity index (χ2n) is 5.91. The number of anilines is 2. The molecular formula is C14H21N7O2S. The van der Waals surface area contributed by atoms with Gasteiger partial charge >= 0.3 is 0 Å². The number of piperidine rings is 1. The van der Waals surface area contributed by atoms with E-state index in [1.165, 1.54) is 10.6 Å². The monoisotopic (exact) mass is 351 g/mol. The molecule has 3 rings (SSSR count). The van der Waals surface area contributed by atoms with Crippen molar-refractivity contribution >= 4 is 21.8 Å². The fourth-order valence-corrected chi connectivity index (χ4v) is 3.61. The molecule has 2 aromatic heterocycles. The molecule has 1 aliphatic heterocycles. The minimum Gasteiger partial charge on any atom is -0.383 e. The van der Waals surface area contributed by atoms with E-state index >= 15 is 0 Å². The first-order valence-electron chi connectivity index (χ1n) is 7.67. The first-order chi connectivity index (χ1) is 11.3. The summed E-state index contributed by atoms with van der Waals surface area (Å²) in [5.41, 5.74) is 7.44. The van der Waals surface area contributed by atoms with Gasteiger partial charge in [-0.05, 0) is 18.9 Å². The summed E-state index contributed by atoms with van der Waals surface area (Å²) < 4.78 is 26.2. The molecule has 9 nitrogen and oxygen atoms in total. The molecule has 0 atom stereocenters. The largest absolute Gasteiger partial charge is 0.383 e. The lowest BCUT2D eigenvalue weighted by Crippen LogP contribution is -2.42. The zero-order valence-corrected chi connectivity index (χ0v) is 14.5. The van der Waals surface area contributed by atoms with E-state index in [9.17, 15) is 8.42 Å². The van der Waals surface area contributed by atoms with Crippen LogP contribution in [-0.2, 0) is 17.1 Å². The SMILES string of the molecule is Cn1ncc(-c2ccnc(NC3CCN(S(C)(=O)=O)CC3)n2)c1N. The van der Waals surface area contributed by atoms with Crippen molar-refractivity contribution in [3.8, 4) is 11.3 Å². The Labute approximate surface area is 140 Å². The molecule has 3 heterocycles.